The maximum atomic E-state index is 3.31. The highest BCUT2D eigenvalue weighted by atomic mass is 14.8. The predicted molar refractivity (Wildman–Crippen MR) is 75.5 cm³/mol. The fourth-order valence-electron chi connectivity index (χ4n) is 2.50. The van der Waals surface area contributed by atoms with Crippen molar-refractivity contribution in [2.75, 3.05) is 13.6 Å². The minimum Gasteiger partial charge on any atom is -0.319 e. The van der Waals surface area contributed by atoms with Crippen LogP contribution in [0.2, 0.25) is 0 Å². The Bertz CT molecular complexity index is 482. The number of hydrogen-bond donors (Lipinski definition) is 1. The summed E-state index contributed by atoms with van der Waals surface area (Å²) >= 11 is 0. The fraction of sp³-hybridized carbons (Fsp3) is 0.375. The van der Waals surface area contributed by atoms with Gasteiger partial charge in [-0.3, -0.25) is 0 Å². The van der Waals surface area contributed by atoms with E-state index in [1.165, 1.54) is 16.3 Å². The van der Waals surface area contributed by atoms with Crippen molar-refractivity contribution in [3.05, 3.63) is 48.0 Å². The SMILES string of the molecule is CNCC(c1cccc2ccccc12)C(C)C. The van der Waals surface area contributed by atoms with Crippen molar-refractivity contribution in [1.82, 2.24) is 5.32 Å². The third-order valence-corrected chi connectivity index (χ3v) is 3.45. The summed E-state index contributed by atoms with van der Waals surface area (Å²) in [6.07, 6.45) is 0. The van der Waals surface area contributed by atoms with Crippen LogP contribution in [0.1, 0.15) is 25.3 Å². The molecule has 1 nitrogen and oxygen atoms in total. The van der Waals surface area contributed by atoms with Crippen LogP contribution in [0.4, 0.5) is 0 Å². The van der Waals surface area contributed by atoms with E-state index < -0.39 is 0 Å². The fourth-order valence-corrected chi connectivity index (χ4v) is 2.50. The third-order valence-electron chi connectivity index (χ3n) is 3.45. The second kappa shape index (κ2) is 5.33. The maximum absolute atomic E-state index is 3.31. The van der Waals surface area contributed by atoms with Gasteiger partial charge in [0.1, 0.15) is 0 Å². The highest BCUT2D eigenvalue weighted by molar-refractivity contribution is 5.86. The van der Waals surface area contributed by atoms with Crippen LogP contribution < -0.4 is 5.32 Å². The van der Waals surface area contributed by atoms with Gasteiger partial charge in [0.25, 0.3) is 0 Å². The van der Waals surface area contributed by atoms with Crippen LogP contribution in [0.5, 0.6) is 0 Å². The number of hydrogen-bond acceptors (Lipinski definition) is 1. The Hall–Kier alpha value is -1.34. The second-order valence-corrected chi connectivity index (χ2v) is 4.98. The molecule has 0 bridgehead atoms. The van der Waals surface area contributed by atoms with Crippen LogP contribution in [0.3, 0.4) is 0 Å². The second-order valence-electron chi connectivity index (χ2n) is 4.98. The van der Waals surface area contributed by atoms with Crippen molar-refractivity contribution in [3.8, 4) is 0 Å². The molecule has 0 radical (unpaired) electrons. The van der Waals surface area contributed by atoms with Gasteiger partial charge in [0.2, 0.25) is 0 Å². The largest absolute Gasteiger partial charge is 0.319 e. The van der Waals surface area contributed by atoms with Crippen LogP contribution in [0, 0.1) is 5.92 Å². The summed E-state index contributed by atoms with van der Waals surface area (Å²) in [5.74, 6) is 1.22. The molecule has 2 rings (SSSR count). The van der Waals surface area contributed by atoms with Crippen molar-refractivity contribution in [2.24, 2.45) is 5.92 Å². The van der Waals surface area contributed by atoms with Gasteiger partial charge in [-0.1, -0.05) is 56.3 Å². The highest BCUT2D eigenvalue weighted by Gasteiger charge is 2.16. The number of likely N-dealkylation sites (N-methyl/N-ethyl adjacent to an activating group) is 1. The molecule has 1 heteroatoms. The van der Waals surface area contributed by atoms with Gasteiger partial charge < -0.3 is 5.32 Å². The van der Waals surface area contributed by atoms with Crippen molar-refractivity contribution in [1.29, 1.82) is 0 Å². The monoisotopic (exact) mass is 227 g/mol. The molecular formula is C16H21N. The lowest BCUT2D eigenvalue weighted by Crippen LogP contribution is -2.21. The lowest BCUT2D eigenvalue weighted by molar-refractivity contribution is 0.481. The van der Waals surface area contributed by atoms with Gasteiger partial charge in [0, 0.05) is 6.54 Å². The minimum absolute atomic E-state index is 0.575. The average molecular weight is 227 g/mol. The Kier molecular flexibility index (Phi) is 3.80. The number of rotatable bonds is 4. The summed E-state index contributed by atoms with van der Waals surface area (Å²) in [4.78, 5) is 0. The molecule has 0 saturated carbocycles. The molecule has 1 unspecified atom stereocenters. The molecule has 2 aromatic carbocycles. The van der Waals surface area contributed by atoms with Crippen LogP contribution in [-0.4, -0.2) is 13.6 Å². The molecule has 0 aliphatic carbocycles. The quantitative estimate of drug-likeness (QED) is 0.837. The van der Waals surface area contributed by atoms with E-state index in [1.54, 1.807) is 0 Å². The molecule has 0 saturated heterocycles. The first-order chi connectivity index (χ1) is 8.24. The Morgan fingerprint density at radius 1 is 1.00 bits per heavy atom. The van der Waals surface area contributed by atoms with Crippen LogP contribution in [0.25, 0.3) is 10.8 Å². The van der Waals surface area contributed by atoms with E-state index in [9.17, 15) is 0 Å². The van der Waals surface area contributed by atoms with Crippen molar-refractivity contribution in [2.45, 2.75) is 19.8 Å². The Labute approximate surface area is 104 Å². The summed E-state index contributed by atoms with van der Waals surface area (Å²) in [6, 6.07) is 15.3. The summed E-state index contributed by atoms with van der Waals surface area (Å²) in [5, 5.41) is 6.04. The van der Waals surface area contributed by atoms with Gasteiger partial charge >= 0.3 is 0 Å². The molecule has 1 N–H and O–H groups in total. The van der Waals surface area contributed by atoms with E-state index in [1.807, 2.05) is 7.05 Å². The number of nitrogens with one attached hydrogen (secondary N) is 1. The predicted octanol–water partition coefficient (Wildman–Crippen LogP) is 3.80. The standard InChI is InChI=1S/C16H21N/c1-12(2)16(11-17-3)15-10-6-8-13-7-4-5-9-14(13)15/h4-10,12,16-17H,11H2,1-3H3. The zero-order valence-electron chi connectivity index (χ0n) is 10.9. The molecular weight excluding hydrogens is 206 g/mol. The molecule has 17 heavy (non-hydrogen) atoms. The van der Waals surface area contributed by atoms with Crippen molar-refractivity contribution >= 4 is 10.8 Å². The average Bonchev–Trinajstić information content (AvgIpc) is 2.35. The molecule has 0 aromatic heterocycles. The number of fused-ring (bicyclic) bond motifs is 1. The summed E-state index contributed by atoms with van der Waals surface area (Å²) in [5.41, 5.74) is 1.47. The summed E-state index contributed by atoms with van der Waals surface area (Å²) < 4.78 is 0. The normalized spacial score (nSPS) is 13.2. The molecule has 0 fully saturated rings. The first-order valence-electron chi connectivity index (χ1n) is 6.36. The van der Waals surface area contributed by atoms with Gasteiger partial charge in [-0.25, -0.2) is 0 Å². The van der Waals surface area contributed by atoms with E-state index in [4.69, 9.17) is 0 Å². The smallest absolute Gasteiger partial charge is 0.00198 e. The Balaban J connectivity index is 2.52. The molecule has 1 atom stereocenters. The first kappa shape index (κ1) is 12.1. The summed E-state index contributed by atoms with van der Waals surface area (Å²) in [6.45, 7) is 5.62. The van der Waals surface area contributed by atoms with Crippen LogP contribution >= 0.6 is 0 Å². The lowest BCUT2D eigenvalue weighted by atomic mass is 9.85. The lowest BCUT2D eigenvalue weighted by Gasteiger charge is -2.22. The van der Waals surface area contributed by atoms with Gasteiger partial charge in [0.05, 0.1) is 0 Å². The van der Waals surface area contributed by atoms with Crippen LogP contribution in [0.15, 0.2) is 42.5 Å². The zero-order valence-corrected chi connectivity index (χ0v) is 10.9. The highest BCUT2D eigenvalue weighted by Crippen LogP contribution is 2.30. The Morgan fingerprint density at radius 2 is 1.71 bits per heavy atom. The zero-order chi connectivity index (χ0) is 12.3. The molecule has 0 aliphatic rings. The van der Waals surface area contributed by atoms with E-state index in [0.29, 0.717) is 11.8 Å². The van der Waals surface area contributed by atoms with Gasteiger partial charge in [-0.2, -0.15) is 0 Å². The number of benzene rings is 2. The maximum Gasteiger partial charge on any atom is 0.00198 e. The van der Waals surface area contributed by atoms with Gasteiger partial charge in [-0.05, 0) is 35.2 Å². The minimum atomic E-state index is 0.575. The topological polar surface area (TPSA) is 12.0 Å². The van der Waals surface area contributed by atoms with E-state index >= 15 is 0 Å². The molecule has 90 valence electrons. The first-order valence-corrected chi connectivity index (χ1v) is 6.36. The van der Waals surface area contributed by atoms with Crippen LogP contribution in [-0.2, 0) is 0 Å². The Morgan fingerprint density at radius 3 is 2.41 bits per heavy atom. The molecule has 0 aliphatic heterocycles. The van der Waals surface area contributed by atoms with Gasteiger partial charge in [0.15, 0.2) is 0 Å². The van der Waals surface area contributed by atoms with Crippen molar-refractivity contribution in [3.63, 3.8) is 0 Å². The van der Waals surface area contributed by atoms with E-state index in [-0.39, 0.29) is 0 Å². The molecule has 2 aromatic rings. The summed E-state index contributed by atoms with van der Waals surface area (Å²) in [7, 11) is 2.03. The third kappa shape index (κ3) is 2.50. The van der Waals surface area contributed by atoms with E-state index in [0.717, 1.165) is 6.54 Å². The molecule has 0 heterocycles. The molecule has 0 spiro atoms. The van der Waals surface area contributed by atoms with Crippen molar-refractivity contribution < 1.29 is 0 Å². The molecule has 0 amide bonds. The van der Waals surface area contributed by atoms with E-state index in [2.05, 4.69) is 61.6 Å². The van der Waals surface area contributed by atoms with Gasteiger partial charge in [-0.15, -0.1) is 0 Å².